The molecule has 2 rings (SSSR count). The first-order chi connectivity index (χ1) is 8.04. The van der Waals surface area contributed by atoms with Crippen molar-refractivity contribution in [3.8, 4) is 0 Å². The van der Waals surface area contributed by atoms with Gasteiger partial charge in [-0.1, -0.05) is 0 Å². The summed E-state index contributed by atoms with van der Waals surface area (Å²) in [6.45, 7) is 4.01. The summed E-state index contributed by atoms with van der Waals surface area (Å²) in [5, 5.41) is 3.57. The number of likely N-dealkylation sites (tertiary alicyclic amines) is 1. The highest BCUT2D eigenvalue weighted by Crippen LogP contribution is 2.24. The minimum atomic E-state index is -2.82. The highest BCUT2D eigenvalue weighted by atomic mass is 32.2. The zero-order chi connectivity index (χ0) is 12.3. The Hall–Kier alpha value is -0.130. The predicted octanol–water partition coefficient (Wildman–Crippen LogP) is 0.495. The summed E-state index contributed by atoms with van der Waals surface area (Å²) < 4.78 is 22.3. The number of sulfone groups is 1. The van der Waals surface area contributed by atoms with Gasteiger partial charge in [0.05, 0.1) is 5.75 Å². The quantitative estimate of drug-likeness (QED) is 0.799. The molecule has 0 aliphatic carbocycles. The van der Waals surface area contributed by atoms with Crippen molar-refractivity contribution in [1.29, 1.82) is 0 Å². The van der Waals surface area contributed by atoms with Crippen LogP contribution in [0.1, 0.15) is 25.7 Å². The summed E-state index contributed by atoms with van der Waals surface area (Å²) >= 11 is 0. The molecule has 2 unspecified atom stereocenters. The van der Waals surface area contributed by atoms with Gasteiger partial charge in [-0.15, -0.1) is 0 Å². The number of nitrogens with zero attached hydrogens (tertiary/aromatic N) is 1. The zero-order valence-electron chi connectivity index (χ0n) is 10.7. The fourth-order valence-corrected chi connectivity index (χ4v) is 3.62. The molecule has 0 radical (unpaired) electrons. The maximum absolute atomic E-state index is 11.2. The smallest absolute Gasteiger partial charge is 0.148 e. The van der Waals surface area contributed by atoms with E-state index >= 15 is 0 Å². The molecule has 2 heterocycles. The van der Waals surface area contributed by atoms with Crippen molar-refractivity contribution in [3.05, 3.63) is 0 Å². The van der Waals surface area contributed by atoms with Gasteiger partial charge < -0.3 is 10.2 Å². The largest absolute Gasteiger partial charge is 0.314 e. The topological polar surface area (TPSA) is 49.4 Å². The van der Waals surface area contributed by atoms with E-state index in [9.17, 15) is 8.42 Å². The average molecular weight is 260 g/mol. The SMILES string of the molecule is CS(=O)(=O)CCN1CCCC(C2CCCN2)C1. The van der Waals surface area contributed by atoms with E-state index in [2.05, 4.69) is 10.2 Å². The molecule has 0 bridgehead atoms. The highest BCUT2D eigenvalue weighted by molar-refractivity contribution is 7.90. The number of piperidine rings is 1. The maximum atomic E-state index is 11.2. The lowest BCUT2D eigenvalue weighted by atomic mass is 9.90. The van der Waals surface area contributed by atoms with Crippen molar-refractivity contribution in [2.45, 2.75) is 31.7 Å². The Morgan fingerprint density at radius 2 is 2.12 bits per heavy atom. The van der Waals surface area contributed by atoms with Gasteiger partial charge in [0.15, 0.2) is 0 Å². The summed E-state index contributed by atoms with van der Waals surface area (Å²) in [6.07, 6.45) is 6.43. The number of hydrogen-bond donors (Lipinski definition) is 1. The summed E-state index contributed by atoms with van der Waals surface area (Å²) in [6, 6.07) is 0.677. The van der Waals surface area contributed by atoms with Crippen LogP contribution in [0.15, 0.2) is 0 Å². The standard InChI is InChI=1S/C12H24N2O2S/c1-17(15,16)9-8-14-7-3-4-11(10-14)12-5-2-6-13-12/h11-13H,2-10H2,1H3. The van der Waals surface area contributed by atoms with E-state index in [1.807, 2.05) is 0 Å². The van der Waals surface area contributed by atoms with Gasteiger partial charge in [0.1, 0.15) is 9.84 Å². The molecule has 0 spiro atoms. The normalized spacial score (nSPS) is 31.8. The summed E-state index contributed by atoms with van der Waals surface area (Å²) in [5.41, 5.74) is 0. The van der Waals surface area contributed by atoms with E-state index in [1.54, 1.807) is 0 Å². The molecule has 100 valence electrons. The van der Waals surface area contributed by atoms with Crippen LogP contribution < -0.4 is 5.32 Å². The van der Waals surface area contributed by atoms with E-state index in [4.69, 9.17) is 0 Å². The molecule has 0 aromatic heterocycles. The van der Waals surface area contributed by atoms with Crippen LogP contribution in [0.4, 0.5) is 0 Å². The van der Waals surface area contributed by atoms with Crippen LogP contribution in [0, 0.1) is 5.92 Å². The van der Waals surface area contributed by atoms with Gasteiger partial charge >= 0.3 is 0 Å². The molecule has 0 aromatic rings. The lowest BCUT2D eigenvalue weighted by Crippen LogP contribution is -2.44. The third kappa shape index (κ3) is 4.23. The lowest BCUT2D eigenvalue weighted by molar-refractivity contribution is 0.159. The third-order valence-electron chi connectivity index (χ3n) is 3.99. The van der Waals surface area contributed by atoms with Gasteiger partial charge in [0.25, 0.3) is 0 Å². The van der Waals surface area contributed by atoms with E-state index in [0.717, 1.165) is 25.6 Å². The summed E-state index contributed by atoms with van der Waals surface area (Å²) in [4.78, 5) is 2.33. The molecule has 0 amide bonds. The van der Waals surface area contributed by atoms with Crippen molar-refractivity contribution >= 4 is 9.84 Å². The van der Waals surface area contributed by atoms with Crippen LogP contribution in [0.2, 0.25) is 0 Å². The minimum absolute atomic E-state index is 0.303. The van der Waals surface area contributed by atoms with Gasteiger partial charge in [0.2, 0.25) is 0 Å². The van der Waals surface area contributed by atoms with Crippen LogP contribution in [0.25, 0.3) is 0 Å². The molecule has 2 saturated heterocycles. The summed E-state index contributed by atoms with van der Waals surface area (Å²) in [5.74, 6) is 1.03. The molecular formula is C12H24N2O2S. The molecule has 4 nitrogen and oxygen atoms in total. The van der Waals surface area contributed by atoms with E-state index in [0.29, 0.717) is 18.3 Å². The number of hydrogen-bond acceptors (Lipinski definition) is 4. The molecule has 2 atom stereocenters. The molecule has 2 aliphatic rings. The molecule has 5 heteroatoms. The van der Waals surface area contributed by atoms with Crippen LogP contribution in [-0.2, 0) is 9.84 Å². The maximum Gasteiger partial charge on any atom is 0.148 e. The first-order valence-electron chi connectivity index (χ1n) is 6.68. The molecule has 0 aromatic carbocycles. The molecule has 0 saturated carbocycles. The lowest BCUT2D eigenvalue weighted by Gasteiger charge is -2.35. The first kappa shape index (κ1) is 13.3. The molecule has 1 N–H and O–H groups in total. The molecular weight excluding hydrogens is 236 g/mol. The second kappa shape index (κ2) is 5.67. The Morgan fingerprint density at radius 3 is 2.76 bits per heavy atom. The van der Waals surface area contributed by atoms with Crippen molar-refractivity contribution in [2.75, 3.05) is 38.2 Å². The van der Waals surface area contributed by atoms with Crippen molar-refractivity contribution < 1.29 is 8.42 Å². The molecule has 2 aliphatic heterocycles. The van der Waals surface area contributed by atoms with E-state index < -0.39 is 9.84 Å². The van der Waals surface area contributed by atoms with Crippen LogP contribution in [0.3, 0.4) is 0 Å². The Labute approximate surface area is 105 Å². The Morgan fingerprint density at radius 1 is 1.29 bits per heavy atom. The van der Waals surface area contributed by atoms with Gasteiger partial charge in [-0.2, -0.15) is 0 Å². The average Bonchev–Trinajstić information content (AvgIpc) is 2.79. The summed E-state index contributed by atoms with van der Waals surface area (Å²) in [7, 11) is -2.82. The van der Waals surface area contributed by atoms with Gasteiger partial charge in [-0.3, -0.25) is 0 Å². The fraction of sp³-hybridized carbons (Fsp3) is 1.00. The van der Waals surface area contributed by atoms with Gasteiger partial charge in [-0.05, 0) is 44.7 Å². The Balaban J connectivity index is 1.80. The van der Waals surface area contributed by atoms with E-state index in [1.165, 1.54) is 31.9 Å². The Kier molecular flexibility index (Phi) is 4.44. The second-order valence-corrected chi connectivity index (χ2v) is 7.80. The third-order valence-corrected chi connectivity index (χ3v) is 4.91. The Bertz CT molecular complexity index is 336. The van der Waals surface area contributed by atoms with Gasteiger partial charge in [0, 0.05) is 25.4 Å². The molecule has 2 fully saturated rings. The first-order valence-corrected chi connectivity index (χ1v) is 8.74. The van der Waals surface area contributed by atoms with Gasteiger partial charge in [-0.25, -0.2) is 8.42 Å². The number of rotatable bonds is 4. The minimum Gasteiger partial charge on any atom is -0.314 e. The zero-order valence-corrected chi connectivity index (χ0v) is 11.5. The monoisotopic (exact) mass is 260 g/mol. The van der Waals surface area contributed by atoms with Crippen LogP contribution in [0.5, 0.6) is 0 Å². The molecule has 17 heavy (non-hydrogen) atoms. The number of nitrogens with one attached hydrogen (secondary N) is 1. The van der Waals surface area contributed by atoms with Crippen LogP contribution >= 0.6 is 0 Å². The predicted molar refractivity (Wildman–Crippen MR) is 69.9 cm³/mol. The van der Waals surface area contributed by atoms with Crippen molar-refractivity contribution in [2.24, 2.45) is 5.92 Å². The van der Waals surface area contributed by atoms with Crippen LogP contribution in [-0.4, -0.2) is 57.5 Å². The van der Waals surface area contributed by atoms with Crippen molar-refractivity contribution in [3.63, 3.8) is 0 Å². The van der Waals surface area contributed by atoms with E-state index in [-0.39, 0.29) is 0 Å². The van der Waals surface area contributed by atoms with Crippen molar-refractivity contribution in [1.82, 2.24) is 10.2 Å². The highest BCUT2D eigenvalue weighted by Gasteiger charge is 2.28. The second-order valence-electron chi connectivity index (χ2n) is 5.54. The fourth-order valence-electron chi connectivity index (χ4n) is 3.03.